The van der Waals surface area contributed by atoms with E-state index in [0.29, 0.717) is 5.96 Å². The van der Waals surface area contributed by atoms with E-state index in [1.165, 1.54) is 0 Å². The van der Waals surface area contributed by atoms with Crippen molar-refractivity contribution in [2.24, 2.45) is 4.99 Å². The summed E-state index contributed by atoms with van der Waals surface area (Å²) in [5, 5.41) is 6.69. The lowest BCUT2D eigenvalue weighted by Crippen LogP contribution is -2.88. The SMILES string of the molecule is CC(C)N=C1NC(C)(C)N(C)C(=O)N1C(C)C.CC(C)[NH+]=C1NC(C)(C)N(C)C(=O)N1C(C)C. The molecule has 2 rings (SSSR count). The van der Waals surface area contributed by atoms with E-state index in [1.54, 1.807) is 26.6 Å². The summed E-state index contributed by atoms with van der Waals surface area (Å²) in [6.45, 7) is 24.0. The largest absolute Gasteiger partial charge is 0.387 e. The summed E-state index contributed by atoms with van der Waals surface area (Å²) in [4.78, 5) is 39.3. The number of carbonyl (C=O) groups excluding carboxylic acids is 2. The summed E-state index contributed by atoms with van der Waals surface area (Å²) in [6, 6.07) is 0.660. The van der Waals surface area contributed by atoms with Crippen molar-refractivity contribution in [2.75, 3.05) is 14.1 Å². The van der Waals surface area contributed by atoms with E-state index in [-0.39, 0.29) is 41.9 Å². The van der Waals surface area contributed by atoms with E-state index in [4.69, 9.17) is 0 Å². The summed E-state index contributed by atoms with van der Waals surface area (Å²) >= 11 is 0. The van der Waals surface area contributed by atoms with Crippen LogP contribution in [0.4, 0.5) is 9.59 Å². The molecule has 0 radical (unpaired) electrons. The molecule has 2 aliphatic heterocycles. The van der Waals surface area contributed by atoms with Crippen LogP contribution in [0.15, 0.2) is 4.99 Å². The van der Waals surface area contributed by atoms with E-state index >= 15 is 0 Å². The maximum atomic E-state index is 12.3. The molecule has 0 spiro atoms. The molecule has 0 aromatic heterocycles. The van der Waals surface area contributed by atoms with E-state index < -0.39 is 5.66 Å². The van der Waals surface area contributed by atoms with Gasteiger partial charge in [-0.3, -0.25) is 20.1 Å². The third kappa shape index (κ3) is 6.76. The van der Waals surface area contributed by atoms with Gasteiger partial charge in [0.25, 0.3) is 0 Å². The third-order valence-corrected chi connectivity index (χ3v) is 5.81. The summed E-state index contributed by atoms with van der Waals surface area (Å²) < 4.78 is 0. The average Bonchev–Trinajstić information content (AvgIpc) is 2.63. The number of hydrogen-bond acceptors (Lipinski definition) is 3. The van der Waals surface area contributed by atoms with Crippen LogP contribution in [0.5, 0.6) is 0 Å². The van der Waals surface area contributed by atoms with E-state index in [2.05, 4.69) is 34.5 Å². The number of urea groups is 2. The molecule has 2 saturated heterocycles. The van der Waals surface area contributed by atoms with Gasteiger partial charge in [-0.05, 0) is 83.1 Å². The highest BCUT2D eigenvalue weighted by Crippen LogP contribution is 2.20. The van der Waals surface area contributed by atoms with E-state index in [9.17, 15) is 9.59 Å². The molecule has 4 amide bonds. The maximum Gasteiger partial charge on any atom is 0.387 e. The lowest BCUT2D eigenvalue weighted by atomic mass is 10.1. The van der Waals surface area contributed by atoms with Gasteiger partial charge in [0.1, 0.15) is 5.66 Å². The molecule has 196 valence electrons. The number of amides is 4. The first-order chi connectivity index (χ1) is 15.3. The van der Waals surface area contributed by atoms with Crippen molar-refractivity contribution in [3.63, 3.8) is 0 Å². The number of carbonyl (C=O) groups is 2. The average molecular weight is 482 g/mol. The van der Waals surface area contributed by atoms with Crippen LogP contribution in [-0.4, -0.2) is 93.2 Å². The summed E-state index contributed by atoms with van der Waals surface area (Å²) in [5.74, 6) is 1.46. The quantitative estimate of drug-likeness (QED) is 0.570. The molecule has 3 N–H and O–H groups in total. The van der Waals surface area contributed by atoms with Gasteiger partial charge in [0, 0.05) is 26.2 Å². The molecule has 2 fully saturated rings. The van der Waals surface area contributed by atoms with E-state index in [1.807, 2.05) is 76.3 Å². The Morgan fingerprint density at radius 1 is 0.735 bits per heavy atom. The standard InChI is InChI=1S/2C12H24N4O/c2*1-8(2)13-10-14-12(5,6)15(7)11(17)16(10)9(3)4/h2*8-9H,1-7H3,(H,13,14)/p+1. The van der Waals surface area contributed by atoms with Gasteiger partial charge in [-0.15, -0.1) is 0 Å². The summed E-state index contributed by atoms with van der Waals surface area (Å²) in [6.07, 6.45) is 0. The van der Waals surface area contributed by atoms with Crippen molar-refractivity contribution in [3.05, 3.63) is 0 Å². The zero-order valence-corrected chi connectivity index (χ0v) is 23.9. The molecule has 0 bridgehead atoms. The van der Waals surface area contributed by atoms with Gasteiger partial charge in [0.05, 0.1) is 12.1 Å². The molecule has 0 aliphatic carbocycles. The fraction of sp³-hybridized carbons (Fsp3) is 0.833. The van der Waals surface area contributed by atoms with Crippen molar-refractivity contribution in [1.29, 1.82) is 0 Å². The number of nitrogens with one attached hydrogen (secondary N) is 3. The normalized spacial score (nSPS) is 22.6. The first kappa shape index (κ1) is 29.5. The van der Waals surface area contributed by atoms with Crippen LogP contribution < -0.4 is 15.6 Å². The van der Waals surface area contributed by atoms with Crippen LogP contribution >= 0.6 is 0 Å². The molecule has 10 nitrogen and oxygen atoms in total. The number of guanidine groups is 2. The fourth-order valence-electron chi connectivity index (χ4n) is 3.50. The Labute approximate surface area is 206 Å². The number of aliphatic imine (C=N–C) groups is 1. The minimum absolute atomic E-state index is 0.0110. The van der Waals surface area contributed by atoms with Crippen molar-refractivity contribution in [3.8, 4) is 0 Å². The molecule has 0 saturated carbocycles. The highest BCUT2D eigenvalue weighted by atomic mass is 16.2. The second-order valence-electron chi connectivity index (χ2n) is 11.2. The van der Waals surface area contributed by atoms with E-state index in [0.717, 1.165) is 5.96 Å². The number of hydrogen-bond donors (Lipinski definition) is 3. The molecule has 0 atom stereocenters. The third-order valence-electron chi connectivity index (χ3n) is 5.81. The van der Waals surface area contributed by atoms with Gasteiger partial charge in [-0.2, -0.15) is 4.90 Å². The van der Waals surface area contributed by atoms with Crippen molar-refractivity contribution in [2.45, 2.75) is 119 Å². The van der Waals surface area contributed by atoms with Crippen LogP contribution in [-0.2, 0) is 0 Å². The smallest absolute Gasteiger partial charge is 0.333 e. The molecule has 2 aliphatic rings. The minimum atomic E-state index is -0.407. The summed E-state index contributed by atoms with van der Waals surface area (Å²) in [5.41, 5.74) is -0.782. The Hall–Kier alpha value is -2.52. The van der Waals surface area contributed by atoms with Crippen molar-refractivity contribution >= 4 is 24.0 Å². The molecule has 0 unspecified atom stereocenters. The highest BCUT2D eigenvalue weighted by Gasteiger charge is 2.47. The highest BCUT2D eigenvalue weighted by molar-refractivity contribution is 5.99. The maximum absolute atomic E-state index is 12.3. The van der Waals surface area contributed by atoms with Crippen LogP contribution in [0.1, 0.15) is 83.1 Å². The molecule has 2 heterocycles. The lowest BCUT2D eigenvalue weighted by Gasteiger charge is -2.47. The van der Waals surface area contributed by atoms with Crippen molar-refractivity contribution in [1.82, 2.24) is 30.2 Å². The summed E-state index contributed by atoms with van der Waals surface area (Å²) in [7, 11) is 3.62. The van der Waals surface area contributed by atoms with Gasteiger partial charge in [0.2, 0.25) is 5.96 Å². The zero-order valence-electron chi connectivity index (χ0n) is 23.9. The van der Waals surface area contributed by atoms with Gasteiger partial charge in [0.15, 0.2) is 5.66 Å². The van der Waals surface area contributed by atoms with Crippen molar-refractivity contribution < 1.29 is 14.6 Å². The Balaban J connectivity index is 0.000000340. The second kappa shape index (κ2) is 10.8. The van der Waals surface area contributed by atoms with Crippen LogP contribution in [0.2, 0.25) is 0 Å². The molecular weight excluding hydrogens is 432 g/mol. The van der Waals surface area contributed by atoms with Crippen LogP contribution in [0, 0.1) is 0 Å². The monoisotopic (exact) mass is 481 g/mol. The van der Waals surface area contributed by atoms with Gasteiger partial charge in [-0.25, -0.2) is 14.6 Å². The second-order valence-corrected chi connectivity index (χ2v) is 11.2. The van der Waals surface area contributed by atoms with Crippen LogP contribution in [0.3, 0.4) is 0 Å². The topological polar surface area (TPSA) is 97.5 Å². The molecule has 34 heavy (non-hydrogen) atoms. The molecular formula is C24H49N8O2+. The predicted octanol–water partition coefficient (Wildman–Crippen LogP) is 1.79. The molecule has 10 heteroatoms. The lowest BCUT2D eigenvalue weighted by molar-refractivity contribution is -0.501. The Kier molecular flexibility index (Phi) is 9.39. The Bertz CT molecular complexity index is 733. The zero-order chi connectivity index (χ0) is 26.8. The van der Waals surface area contributed by atoms with Gasteiger partial charge < -0.3 is 10.2 Å². The first-order valence-corrected chi connectivity index (χ1v) is 12.2. The fourth-order valence-corrected chi connectivity index (χ4v) is 3.50. The Morgan fingerprint density at radius 3 is 1.53 bits per heavy atom. The Morgan fingerprint density at radius 2 is 1.15 bits per heavy atom. The number of rotatable bonds is 4. The van der Waals surface area contributed by atoms with Gasteiger partial charge in [-0.1, -0.05) is 0 Å². The molecule has 0 aromatic carbocycles. The predicted molar refractivity (Wildman–Crippen MR) is 138 cm³/mol. The molecule has 0 aromatic rings. The first-order valence-electron chi connectivity index (χ1n) is 12.2. The number of nitrogens with zero attached hydrogens (tertiary/aromatic N) is 5. The van der Waals surface area contributed by atoms with Crippen LogP contribution in [0.25, 0.3) is 0 Å². The minimum Gasteiger partial charge on any atom is -0.333 e. The van der Waals surface area contributed by atoms with Gasteiger partial charge >= 0.3 is 18.0 Å².